The van der Waals surface area contributed by atoms with Gasteiger partial charge in [-0.1, -0.05) is 42.1 Å². The number of ether oxygens (including phenoxy) is 1. The van der Waals surface area contributed by atoms with E-state index in [1.165, 1.54) is 23.4 Å². The lowest BCUT2D eigenvalue weighted by molar-refractivity contribution is -0.546. The van der Waals surface area contributed by atoms with Crippen molar-refractivity contribution in [3.63, 3.8) is 0 Å². The highest BCUT2D eigenvalue weighted by atomic mass is 32.2. The number of thioether (sulfide) groups is 1. The Morgan fingerprint density at radius 3 is 2.85 bits per heavy atom. The minimum Gasteiger partial charge on any atom is -0.465 e. The quantitative estimate of drug-likeness (QED) is 0.617. The fraction of sp³-hybridized carbons (Fsp3) is 0.500. The van der Waals surface area contributed by atoms with E-state index in [0.29, 0.717) is 12.4 Å². The Hall–Kier alpha value is -1.29. The van der Waals surface area contributed by atoms with E-state index in [9.17, 15) is 4.79 Å². The number of rotatable bonds is 5. The van der Waals surface area contributed by atoms with Crippen LogP contribution < -0.4 is 0 Å². The zero-order valence-electron chi connectivity index (χ0n) is 12.0. The monoisotopic (exact) mass is 292 g/mol. The average Bonchev–Trinajstić information content (AvgIpc) is 2.48. The number of hydrogen-bond acceptors (Lipinski definition) is 3. The van der Waals surface area contributed by atoms with Crippen LogP contribution >= 0.6 is 11.8 Å². The largest absolute Gasteiger partial charge is 0.465 e. The average molecular weight is 292 g/mol. The van der Waals surface area contributed by atoms with E-state index in [4.69, 9.17) is 4.74 Å². The first-order valence-corrected chi connectivity index (χ1v) is 8.21. The van der Waals surface area contributed by atoms with Crippen LogP contribution in [0.3, 0.4) is 0 Å². The summed E-state index contributed by atoms with van der Waals surface area (Å²) in [4.78, 5) is 11.5. The predicted molar refractivity (Wildman–Crippen MR) is 83.2 cm³/mol. The zero-order valence-corrected chi connectivity index (χ0v) is 12.8. The topological polar surface area (TPSA) is 29.3 Å². The highest BCUT2D eigenvalue weighted by Crippen LogP contribution is 2.18. The van der Waals surface area contributed by atoms with Crippen LogP contribution in [0.5, 0.6) is 0 Å². The van der Waals surface area contributed by atoms with Gasteiger partial charge in [0.15, 0.2) is 6.54 Å². The van der Waals surface area contributed by atoms with Gasteiger partial charge in [0.05, 0.1) is 6.61 Å². The summed E-state index contributed by atoms with van der Waals surface area (Å²) in [6.45, 7) is 4.33. The van der Waals surface area contributed by atoms with Gasteiger partial charge in [-0.3, -0.25) is 4.79 Å². The Morgan fingerprint density at radius 2 is 2.10 bits per heavy atom. The maximum Gasteiger partial charge on any atom is 0.316 e. The molecule has 20 heavy (non-hydrogen) atoms. The zero-order chi connectivity index (χ0) is 14.2. The first kappa shape index (κ1) is 15.1. The molecule has 3 nitrogen and oxygen atoms in total. The van der Waals surface area contributed by atoms with Crippen LogP contribution in [-0.2, 0) is 16.1 Å². The molecule has 0 amide bonds. The molecule has 0 bridgehead atoms. The Balaban J connectivity index is 1.99. The van der Waals surface area contributed by atoms with Crippen LogP contribution in [0.25, 0.3) is 0 Å². The third kappa shape index (κ3) is 4.67. The van der Waals surface area contributed by atoms with Gasteiger partial charge >= 0.3 is 5.97 Å². The molecule has 0 spiro atoms. The molecule has 1 heterocycles. The molecule has 0 N–H and O–H groups in total. The Labute approximate surface area is 125 Å². The summed E-state index contributed by atoms with van der Waals surface area (Å²) in [6.07, 6.45) is 3.53. The highest BCUT2D eigenvalue weighted by Gasteiger charge is 2.21. The number of carbonyl (C=O) groups is 1. The first-order valence-electron chi connectivity index (χ1n) is 7.22. The third-order valence-electron chi connectivity index (χ3n) is 3.30. The SMILES string of the molecule is CCOC(=O)CSC1=[N+](Cc2ccccc2)CCCC1. The van der Waals surface area contributed by atoms with Gasteiger partial charge in [0.25, 0.3) is 0 Å². The molecule has 0 saturated heterocycles. The molecule has 1 aromatic rings. The summed E-state index contributed by atoms with van der Waals surface area (Å²) >= 11 is 1.64. The molecule has 108 valence electrons. The standard InChI is InChI=1S/C16H22NO2S/c1-2-19-16(18)13-20-15-10-6-7-11-17(15)12-14-8-4-3-5-9-14/h3-5,8-9H,2,6-7,10-13H2,1H3/q+1. The molecule has 4 heteroatoms. The first-order chi connectivity index (χ1) is 9.79. The van der Waals surface area contributed by atoms with Crippen molar-refractivity contribution in [2.45, 2.75) is 32.7 Å². The summed E-state index contributed by atoms with van der Waals surface area (Å²) < 4.78 is 7.40. The van der Waals surface area contributed by atoms with E-state index in [0.717, 1.165) is 19.5 Å². The van der Waals surface area contributed by atoms with Gasteiger partial charge in [0.1, 0.15) is 12.3 Å². The Kier molecular flexibility index (Phi) is 6.12. The van der Waals surface area contributed by atoms with E-state index in [2.05, 4.69) is 28.8 Å². The van der Waals surface area contributed by atoms with E-state index in [1.54, 1.807) is 11.8 Å². The molecule has 0 fully saturated rings. The molecule has 0 unspecified atom stereocenters. The lowest BCUT2D eigenvalue weighted by Gasteiger charge is -2.14. The number of benzene rings is 1. The fourth-order valence-corrected chi connectivity index (χ4v) is 3.34. The number of carbonyl (C=O) groups excluding carboxylic acids is 1. The molecule has 1 aliphatic rings. The van der Waals surface area contributed by atoms with Crippen LogP contribution in [0.1, 0.15) is 31.7 Å². The molecule has 0 radical (unpaired) electrons. The summed E-state index contributed by atoms with van der Waals surface area (Å²) in [7, 11) is 0. The van der Waals surface area contributed by atoms with Gasteiger partial charge < -0.3 is 4.74 Å². The van der Waals surface area contributed by atoms with Crippen molar-refractivity contribution in [1.82, 2.24) is 0 Å². The summed E-state index contributed by atoms with van der Waals surface area (Å²) in [5.41, 5.74) is 1.32. The highest BCUT2D eigenvalue weighted by molar-refractivity contribution is 8.14. The predicted octanol–water partition coefficient (Wildman–Crippen LogP) is 3.08. The van der Waals surface area contributed by atoms with Crippen molar-refractivity contribution in [1.29, 1.82) is 0 Å². The maximum atomic E-state index is 11.5. The van der Waals surface area contributed by atoms with Crippen molar-refractivity contribution in [2.75, 3.05) is 18.9 Å². The van der Waals surface area contributed by atoms with E-state index >= 15 is 0 Å². The number of hydrogen-bond donors (Lipinski definition) is 0. The normalized spacial score (nSPS) is 15.2. The second-order valence-corrected chi connectivity index (χ2v) is 5.90. The van der Waals surface area contributed by atoms with Gasteiger partial charge in [0, 0.05) is 18.4 Å². The second kappa shape index (κ2) is 8.10. The lowest BCUT2D eigenvalue weighted by atomic mass is 10.1. The van der Waals surface area contributed by atoms with Gasteiger partial charge in [0.2, 0.25) is 5.04 Å². The van der Waals surface area contributed by atoms with Crippen LogP contribution in [0, 0.1) is 0 Å². The molecule has 2 rings (SSSR count). The maximum absolute atomic E-state index is 11.5. The van der Waals surface area contributed by atoms with Gasteiger partial charge in [-0.05, 0) is 13.3 Å². The van der Waals surface area contributed by atoms with Crippen LogP contribution in [0.4, 0.5) is 0 Å². The Morgan fingerprint density at radius 1 is 1.30 bits per heavy atom. The molecule has 0 aromatic heterocycles. The molecular weight excluding hydrogens is 270 g/mol. The molecule has 0 atom stereocenters. The second-order valence-electron chi connectivity index (χ2n) is 4.85. The van der Waals surface area contributed by atoms with Gasteiger partial charge in [-0.15, -0.1) is 0 Å². The smallest absolute Gasteiger partial charge is 0.316 e. The van der Waals surface area contributed by atoms with Crippen molar-refractivity contribution in [3.8, 4) is 0 Å². The summed E-state index contributed by atoms with van der Waals surface area (Å²) in [5, 5.41) is 1.33. The fourth-order valence-electron chi connectivity index (χ4n) is 2.34. The van der Waals surface area contributed by atoms with Crippen LogP contribution in [0.15, 0.2) is 30.3 Å². The molecule has 1 aliphatic heterocycles. The molecule has 1 aromatic carbocycles. The van der Waals surface area contributed by atoms with E-state index in [-0.39, 0.29) is 5.97 Å². The summed E-state index contributed by atoms with van der Waals surface area (Å²) in [6, 6.07) is 10.5. The molecular formula is C16H22NO2S+. The minimum atomic E-state index is -0.116. The van der Waals surface area contributed by atoms with Crippen LogP contribution in [0.2, 0.25) is 0 Å². The molecule has 0 aliphatic carbocycles. The minimum absolute atomic E-state index is 0.116. The van der Waals surface area contributed by atoms with Gasteiger partial charge in [-0.25, -0.2) is 4.58 Å². The van der Waals surface area contributed by atoms with Crippen molar-refractivity contribution in [3.05, 3.63) is 35.9 Å². The van der Waals surface area contributed by atoms with Crippen molar-refractivity contribution >= 4 is 22.8 Å². The van der Waals surface area contributed by atoms with Crippen molar-refractivity contribution < 1.29 is 14.1 Å². The number of nitrogens with zero attached hydrogens (tertiary/aromatic N) is 1. The van der Waals surface area contributed by atoms with E-state index in [1.807, 2.05) is 13.0 Å². The summed E-state index contributed by atoms with van der Waals surface area (Å²) in [5.74, 6) is 0.310. The van der Waals surface area contributed by atoms with Gasteiger partial charge in [-0.2, -0.15) is 0 Å². The third-order valence-corrected chi connectivity index (χ3v) is 4.48. The Bertz CT molecular complexity index is 471. The lowest BCUT2D eigenvalue weighted by Crippen LogP contribution is -2.25. The van der Waals surface area contributed by atoms with Crippen molar-refractivity contribution in [2.24, 2.45) is 0 Å². The van der Waals surface area contributed by atoms with E-state index < -0.39 is 0 Å². The number of esters is 1. The van der Waals surface area contributed by atoms with Crippen LogP contribution in [-0.4, -0.2) is 34.5 Å². The molecule has 0 saturated carbocycles.